The summed E-state index contributed by atoms with van der Waals surface area (Å²) in [5, 5.41) is 12.1. The molecule has 134 valence electrons. The summed E-state index contributed by atoms with van der Waals surface area (Å²) < 4.78 is 0. The Morgan fingerprint density at radius 2 is 2.19 bits per heavy atom. The molecular formula is C21H24N4O. The second-order valence-corrected chi connectivity index (χ2v) is 6.77. The molecule has 0 bridgehead atoms. The van der Waals surface area contributed by atoms with Crippen LogP contribution < -0.4 is 5.32 Å². The summed E-state index contributed by atoms with van der Waals surface area (Å²) in [6, 6.07) is 13.2. The zero-order chi connectivity index (χ0) is 18.4. The number of rotatable bonds is 6. The van der Waals surface area contributed by atoms with Crippen LogP contribution in [0, 0.1) is 17.2 Å². The molecule has 5 heteroatoms. The molecule has 1 fully saturated rings. The highest BCUT2D eigenvalue weighted by atomic mass is 16.1. The summed E-state index contributed by atoms with van der Waals surface area (Å²) >= 11 is 0. The average Bonchev–Trinajstić information content (AvgIpc) is 3.14. The molecule has 0 saturated carbocycles. The van der Waals surface area contributed by atoms with Crippen LogP contribution in [0.3, 0.4) is 0 Å². The first-order valence-corrected chi connectivity index (χ1v) is 9.13. The number of nitrogens with one attached hydrogen (secondary N) is 1. The quantitative estimate of drug-likeness (QED) is 0.871. The molecule has 0 unspecified atom stereocenters. The van der Waals surface area contributed by atoms with E-state index in [4.69, 9.17) is 5.26 Å². The second kappa shape index (κ2) is 8.59. The fourth-order valence-electron chi connectivity index (χ4n) is 3.32. The molecule has 1 aliphatic heterocycles. The SMILES string of the molecule is CCc1ccc(CN2CC[C@H](CNC(=O)c3ccccc3C#N)C2)nc1. The highest BCUT2D eigenvalue weighted by Gasteiger charge is 2.23. The van der Waals surface area contributed by atoms with Crippen molar-refractivity contribution >= 4 is 5.91 Å². The van der Waals surface area contributed by atoms with E-state index in [2.05, 4.69) is 40.3 Å². The number of carbonyl (C=O) groups excluding carboxylic acids is 1. The Labute approximate surface area is 154 Å². The number of aryl methyl sites for hydroxylation is 1. The van der Waals surface area contributed by atoms with Gasteiger partial charge in [0.1, 0.15) is 0 Å². The van der Waals surface area contributed by atoms with Crippen molar-refractivity contribution in [3.63, 3.8) is 0 Å². The van der Waals surface area contributed by atoms with Crippen molar-refractivity contribution in [2.45, 2.75) is 26.3 Å². The third-order valence-electron chi connectivity index (χ3n) is 4.89. The Hall–Kier alpha value is -2.71. The third kappa shape index (κ3) is 4.47. The molecule has 26 heavy (non-hydrogen) atoms. The molecule has 1 saturated heterocycles. The molecule has 1 amide bonds. The molecule has 1 aromatic carbocycles. The van der Waals surface area contributed by atoms with Crippen LogP contribution >= 0.6 is 0 Å². The van der Waals surface area contributed by atoms with Crippen molar-refractivity contribution in [1.82, 2.24) is 15.2 Å². The molecule has 1 N–H and O–H groups in total. The van der Waals surface area contributed by atoms with Crippen LogP contribution in [0.4, 0.5) is 0 Å². The fraction of sp³-hybridized carbons (Fsp3) is 0.381. The number of pyridine rings is 1. The van der Waals surface area contributed by atoms with E-state index in [0.29, 0.717) is 23.6 Å². The Morgan fingerprint density at radius 1 is 1.35 bits per heavy atom. The molecular weight excluding hydrogens is 324 g/mol. The van der Waals surface area contributed by atoms with Crippen molar-refractivity contribution in [2.75, 3.05) is 19.6 Å². The maximum atomic E-state index is 12.3. The zero-order valence-corrected chi connectivity index (χ0v) is 15.1. The largest absolute Gasteiger partial charge is 0.352 e. The summed E-state index contributed by atoms with van der Waals surface area (Å²) in [5.41, 5.74) is 3.22. The highest BCUT2D eigenvalue weighted by Crippen LogP contribution is 2.18. The summed E-state index contributed by atoms with van der Waals surface area (Å²) in [6.07, 6.45) is 4.02. The molecule has 5 nitrogen and oxygen atoms in total. The van der Waals surface area contributed by atoms with Crippen molar-refractivity contribution < 1.29 is 4.79 Å². The maximum Gasteiger partial charge on any atom is 0.252 e. The third-order valence-corrected chi connectivity index (χ3v) is 4.89. The molecule has 1 aromatic heterocycles. The number of hydrogen-bond donors (Lipinski definition) is 1. The summed E-state index contributed by atoms with van der Waals surface area (Å²) in [6.45, 7) is 5.60. The van der Waals surface area contributed by atoms with E-state index in [9.17, 15) is 4.79 Å². The smallest absolute Gasteiger partial charge is 0.252 e. The molecule has 1 aliphatic rings. The lowest BCUT2D eigenvalue weighted by molar-refractivity contribution is 0.0947. The van der Waals surface area contributed by atoms with Crippen molar-refractivity contribution in [3.8, 4) is 6.07 Å². The molecule has 0 radical (unpaired) electrons. The predicted octanol–water partition coefficient (Wildman–Crippen LogP) is 2.77. The first kappa shape index (κ1) is 18.1. The minimum atomic E-state index is -0.169. The van der Waals surface area contributed by atoms with Gasteiger partial charge >= 0.3 is 0 Å². The summed E-state index contributed by atoms with van der Waals surface area (Å²) in [4.78, 5) is 19.2. The molecule has 0 spiro atoms. The average molecular weight is 348 g/mol. The van der Waals surface area contributed by atoms with E-state index >= 15 is 0 Å². The second-order valence-electron chi connectivity index (χ2n) is 6.77. The zero-order valence-electron chi connectivity index (χ0n) is 15.1. The predicted molar refractivity (Wildman–Crippen MR) is 100 cm³/mol. The number of nitrogens with zero attached hydrogens (tertiary/aromatic N) is 3. The number of likely N-dealkylation sites (tertiary alicyclic amines) is 1. The van der Waals surface area contributed by atoms with Gasteiger partial charge in [0.15, 0.2) is 0 Å². The van der Waals surface area contributed by atoms with Crippen LogP contribution in [0.25, 0.3) is 0 Å². The normalized spacial score (nSPS) is 17.0. The Balaban J connectivity index is 1.48. The van der Waals surface area contributed by atoms with Gasteiger partial charge in [0.2, 0.25) is 0 Å². The Bertz CT molecular complexity index is 794. The standard InChI is InChI=1S/C21H24N4O/c1-2-16-7-8-19(23-12-16)15-25-10-9-17(14-25)13-24-21(26)20-6-4-3-5-18(20)11-22/h3-8,12,17H,2,9-10,13-15H2,1H3,(H,24,26)/t17-/m1/s1. The monoisotopic (exact) mass is 348 g/mol. The lowest BCUT2D eigenvalue weighted by Crippen LogP contribution is -2.31. The number of amides is 1. The van der Waals surface area contributed by atoms with Gasteiger partial charge in [-0.05, 0) is 49.1 Å². The summed E-state index contributed by atoms with van der Waals surface area (Å²) in [5.74, 6) is 0.264. The van der Waals surface area contributed by atoms with Crippen molar-refractivity contribution in [2.24, 2.45) is 5.92 Å². The van der Waals surface area contributed by atoms with Gasteiger partial charge in [0, 0.05) is 25.8 Å². The number of aromatic nitrogens is 1. The van der Waals surface area contributed by atoms with Crippen LogP contribution in [0.1, 0.15) is 40.5 Å². The van der Waals surface area contributed by atoms with Gasteiger partial charge in [-0.25, -0.2) is 0 Å². The number of nitriles is 1. The first-order valence-electron chi connectivity index (χ1n) is 9.13. The lowest BCUT2D eigenvalue weighted by atomic mass is 10.1. The minimum absolute atomic E-state index is 0.169. The first-order chi connectivity index (χ1) is 12.7. The van der Waals surface area contributed by atoms with E-state index in [1.54, 1.807) is 24.3 Å². The van der Waals surface area contributed by atoms with Crippen LogP contribution in [-0.4, -0.2) is 35.4 Å². The minimum Gasteiger partial charge on any atom is -0.352 e. The van der Waals surface area contributed by atoms with E-state index in [0.717, 1.165) is 38.2 Å². The van der Waals surface area contributed by atoms with Gasteiger partial charge in [0.05, 0.1) is 22.9 Å². The Morgan fingerprint density at radius 3 is 2.92 bits per heavy atom. The molecule has 3 rings (SSSR count). The number of hydrogen-bond acceptors (Lipinski definition) is 4. The van der Waals surface area contributed by atoms with E-state index in [1.807, 2.05) is 6.20 Å². The Kier molecular flexibility index (Phi) is 5.98. The van der Waals surface area contributed by atoms with E-state index in [-0.39, 0.29) is 5.91 Å². The van der Waals surface area contributed by atoms with E-state index < -0.39 is 0 Å². The highest BCUT2D eigenvalue weighted by molar-refractivity contribution is 5.96. The van der Waals surface area contributed by atoms with Gasteiger partial charge < -0.3 is 5.32 Å². The van der Waals surface area contributed by atoms with Gasteiger partial charge in [-0.3, -0.25) is 14.7 Å². The molecule has 1 atom stereocenters. The molecule has 2 aromatic rings. The molecule has 2 heterocycles. The van der Waals surface area contributed by atoms with Crippen LogP contribution in [0.2, 0.25) is 0 Å². The number of carbonyl (C=O) groups is 1. The maximum absolute atomic E-state index is 12.3. The number of benzene rings is 1. The van der Waals surface area contributed by atoms with Gasteiger partial charge in [0.25, 0.3) is 5.91 Å². The van der Waals surface area contributed by atoms with Crippen molar-refractivity contribution in [1.29, 1.82) is 5.26 Å². The summed E-state index contributed by atoms with van der Waals surface area (Å²) in [7, 11) is 0. The lowest BCUT2D eigenvalue weighted by Gasteiger charge is -2.16. The van der Waals surface area contributed by atoms with Gasteiger partial charge in [-0.2, -0.15) is 5.26 Å². The van der Waals surface area contributed by atoms with Crippen LogP contribution in [0.5, 0.6) is 0 Å². The van der Waals surface area contributed by atoms with Crippen molar-refractivity contribution in [3.05, 3.63) is 65.0 Å². The molecule has 0 aliphatic carbocycles. The van der Waals surface area contributed by atoms with Gasteiger partial charge in [-0.15, -0.1) is 0 Å². The van der Waals surface area contributed by atoms with Crippen LogP contribution in [-0.2, 0) is 13.0 Å². The van der Waals surface area contributed by atoms with Gasteiger partial charge in [-0.1, -0.05) is 25.1 Å². The topological polar surface area (TPSA) is 69.0 Å². The van der Waals surface area contributed by atoms with E-state index in [1.165, 1.54) is 5.56 Å². The van der Waals surface area contributed by atoms with Crippen LogP contribution in [0.15, 0.2) is 42.6 Å². The fourth-order valence-corrected chi connectivity index (χ4v) is 3.32.